The summed E-state index contributed by atoms with van der Waals surface area (Å²) in [4.78, 5) is 31.0. The number of aliphatic imine (C=N–C) groups is 1. The number of hydrogen-bond donors (Lipinski definition) is 0. The first kappa shape index (κ1) is 22.0. The van der Waals surface area contributed by atoms with Crippen molar-refractivity contribution >= 4 is 34.7 Å². The van der Waals surface area contributed by atoms with Crippen LogP contribution in [0.5, 0.6) is 0 Å². The van der Waals surface area contributed by atoms with Crippen LogP contribution >= 0.6 is 11.6 Å². The standard InChI is InChI=1S/C28H18ClN5O2/c1-17-31-32-25-16-30-26(19-8-2-4-10-22(19)29)21-15-18(12-13-24(21)34(17)25)7-6-14-33-23-11-5-3-9-20(23)27(35)28(33)36/h2-5,8-13,15H,14,16H2,1H3. The van der Waals surface area contributed by atoms with Gasteiger partial charge in [-0.2, -0.15) is 0 Å². The molecule has 0 saturated carbocycles. The third-order valence-electron chi connectivity index (χ3n) is 6.24. The summed E-state index contributed by atoms with van der Waals surface area (Å²) in [5.74, 6) is 6.64. The minimum Gasteiger partial charge on any atom is -0.293 e. The molecular weight excluding hydrogens is 474 g/mol. The smallest absolute Gasteiger partial charge is 0.293 e. The number of nitrogens with zero attached hydrogens (tertiary/aromatic N) is 5. The summed E-state index contributed by atoms with van der Waals surface area (Å²) < 4.78 is 1.99. The Hall–Kier alpha value is -4.54. The van der Waals surface area contributed by atoms with Gasteiger partial charge in [0.05, 0.1) is 29.2 Å². The van der Waals surface area contributed by atoms with Crippen LogP contribution in [0.15, 0.2) is 71.7 Å². The molecule has 0 fully saturated rings. The number of para-hydroxylation sites is 1. The Labute approximate surface area is 212 Å². The molecule has 0 unspecified atom stereocenters. The highest BCUT2D eigenvalue weighted by Gasteiger charge is 2.34. The van der Waals surface area contributed by atoms with Gasteiger partial charge in [-0.25, -0.2) is 0 Å². The average Bonchev–Trinajstić information content (AvgIpc) is 3.31. The zero-order valence-electron chi connectivity index (χ0n) is 19.2. The highest BCUT2D eigenvalue weighted by atomic mass is 35.5. The third-order valence-corrected chi connectivity index (χ3v) is 6.57. The van der Waals surface area contributed by atoms with E-state index in [0.29, 0.717) is 22.8 Å². The fourth-order valence-electron chi connectivity index (χ4n) is 4.56. The summed E-state index contributed by atoms with van der Waals surface area (Å²) in [6, 6.07) is 20.4. The molecule has 174 valence electrons. The van der Waals surface area contributed by atoms with Crippen LogP contribution in [0.2, 0.25) is 5.02 Å². The normalized spacial score (nSPS) is 13.8. The lowest BCUT2D eigenvalue weighted by molar-refractivity contribution is -0.114. The van der Waals surface area contributed by atoms with Gasteiger partial charge in [0.2, 0.25) is 0 Å². The maximum Gasteiger partial charge on any atom is 0.300 e. The van der Waals surface area contributed by atoms with Crippen LogP contribution < -0.4 is 4.90 Å². The molecule has 36 heavy (non-hydrogen) atoms. The number of carbonyl (C=O) groups excluding carboxylic acids is 2. The zero-order chi connectivity index (χ0) is 24.8. The summed E-state index contributed by atoms with van der Waals surface area (Å²) in [5, 5.41) is 9.12. The fraction of sp³-hybridized carbons (Fsp3) is 0.107. The lowest BCUT2D eigenvalue weighted by atomic mass is 9.98. The highest BCUT2D eigenvalue weighted by molar-refractivity contribution is 6.52. The van der Waals surface area contributed by atoms with Crippen LogP contribution in [-0.4, -0.2) is 38.7 Å². The number of aromatic nitrogens is 3. The van der Waals surface area contributed by atoms with E-state index in [9.17, 15) is 9.59 Å². The van der Waals surface area contributed by atoms with Crippen LogP contribution in [-0.2, 0) is 11.3 Å². The Morgan fingerprint density at radius 3 is 2.53 bits per heavy atom. The van der Waals surface area contributed by atoms with Gasteiger partial charge in [0.1, 0.15) is 12.4 Å². The third kappa shape index (κ3) is 3.51. The number of benzene rings is 3. The van der Waals surface area contributed by atoms with E-state index in [1.165, 1.54) is 4.90 Å². The van der Waals surface area contributed by atoms with Crippen molar-refractivity contribution in [3.05, 3.63) is 106 Å². The van der Waals surface area contributed by atoms with Crippen molar-refractivity contribution in [3.63, 3.8) is 0 Å². The average molecular weight is 492 g/mol. The van der Waals surface area contributed by atoms with Gasteiger partial charge in [0.25, 0.3) is 11.7 Å². The van der Waals surface area contributed by atoms with Crippen LogP contribution in [0, 0.1) is 18.8 Å². The molecule has 6 rings (SSSR count). The first-order chi connectivity index (χ1) is 17.5. The number of anilines is 1. The van der Waals surface area contributed by atoms with Crippen molar-refractivity contribution in [2.75, 3.05) is 11.4 Å². The first-order valence-electron chi connectivity index (χ1n) is 11.3. The molecule has 0 aliphatic carbocycles. The van der Waals surface area contributed by atoms with E-state index in [2.05, 4.69) is 22.0 Å². The van der Waals surface area contributed by atoms with Gasteiger partial charge >= 0.3 is 0 Å². The van der Waals surface area contributed by atoms with Crippen molar-refractivity contribution in [1.82, 2.24) is 14.8 Å². The van der Waals surface area contributed by atoms with Crippen molar-refractivity contribution in [1.29, 1.82) is 0 Å². The van der Waals surface area contributed by atoms with Gasteiger partial charge in [-0.3, -0.25) is 24.0 Å². The van der Waals surface area contributed by atoms with Crippen molar-refractivity contribution in [2.24, 2.45) is 4.99 Å². The Kier molecular flexibility index (Phi) is 5.24. The second-order valence-corrected chi connectivity index (χ2v) is 8.82. The monoisotopic (exact) mass is 491 g/mol. The van der Waals surface area contributed by atoms with E-state index in [4.69, 9.17) is 16.6 Å². The zero-order valence-corrected chi connectivity index (χ0v) is 20.0. The SMILES string of the molecule is Cc1nnc2n1-c1ccc(C#CCN3C(=O)C(=O)c4ccccc43)cc1C(c1ccccc1Cl)=NC2. The van der Waals surface area contributed by atoms with Crippen LogP contribution in [0.25, 0.3) is 5.69 Å². The molecule has 0 saturated heterocycles. The molecule has 3 heterocycles. The summed E-state index contributed by atoms with van der Waals surface area (Å²) in [6.07, 6.45) is 0. The quantitative estimate of drug-likeness (QED) is 0.311. The molecule has 1 aromatic heterocycles. The summed E-state index contributed by atoms with van der Waals surface area (Å²) in [7, 11) is 0. The maximum atomic E-state index is 12.5. The Morgan fingerprint density at radius 2 is 1.69 bits per heavy atom. The van der Waals surface area contributed by atoms with E-state index in [1.54, 1.807) is 24.3 Å². The van der Waals surface area contributed by atoms with Gasteiger partial charge in [-0.05, 0) is 43.3 Å². The van der Waals surface area contributed by atoms with Crippen molar-refractivity contribution < 1.29 is 9.59 Å². The number of fused-ring (bicyclic) bond motifs is 4. The van der Waals surface area contributed by atoms with Crippen LogP contribution in [0.3, 0.4) is 0 Å². The molecule has 8 heteroatoms. The van der Waals surface area contributed by atoms with E-state index in [0.717, 1.165) is 39.7 Å². The molecule has 0 atom stereocenters. The number of halogens is 1. The molecule has 0 N–H and O–H groups in total. The number of Topliss-reactive ketones (excluding diaryl/α,β-unsaturated/α-hetero) is 1. The Morgan fingerprint density at radius 1 is 0.917 bits per heavy atom. The van der Waals surface area contributed by atoms with Crippen LogP contribution in [0.1, 0.15) is 38.7 Å². The second kappa shape index (κ2) is 8.59. The number of amides is 1. The minimum absolute atomic E-state index is 0.110. The number of aryl methyl sites for hydroxylation is 1. The Bertz CT molecular complexity index is 1670. The summed E-state index contributed by atoms with van der Waals surface area (Å²) in [6.45, 7) is 2.38. The largest absolute Gasteiger partial charge is 0.300 e. The lowest BCUT2D eigenvalue weighted by Crippen LogP contribution is -2.29. The van der Waals surface area contributed by atoms with E-state index < -0.39 is 11.7 Å². The molecular formula is C28H18ClN5O2. The van der Waals surface area contributed by atoms with E-state index in [-0.39, 0.29) is 6.54 Å². The molecule has 7 nitrogen and oxygen atoms in total. The first-order valence-corrected chi connectivity index (χ1v) is 11.7. The van der Waals surface area contributed by atoms with Crippen LogP contribution in [0.4, 0.5) is 5.69 Å². The van der Waals surface area contributed by atoms with E-state index in [1.807, 2.05) is 54.0 Å². The fourth-order valence-corrected chi connectivity index (χ4v) is 4.79. The highest BCUT2D eigenvalue weighted by Crippen LogP contribution is 2.30. The van der Waals surface area contributed by atoms with Gasteiger partial charge in [0, 0.05) is 21.7 Å². The van der Waals surface area contributed by atoms with Gasteiger partial charge in [0.15, 0.2) is 5.82 Å². The van der Waals surface area contributed by atoms with Crippen molar-refractivity contribution in [3.8, 4) is 17.5 Å². The van der Waals surface area contributed by atoms with Crippen molar-refractivity contribution in [2.45, 2.75) is 13.5 Å². The number of ketones is 1. The molecule has 1 amide bonds. The molecule has 2 aliphatic heterocycles. The summed E-state index contributed by atoms with van der Waals surface area (Å²) >= 11 is 6.55. The predicted molar refractivity (Wildman–Crippen MR) is 137 cm³/mol. The number of carbonyl (C=O) groups is 2. The summed E-state index contributed by atoms with van der Waals surface area (Å²) in [5.41, 5.74) is 5.06. The van der Waals surface area contributed by atoms with Gasteiger partial charge in [-0.1, -0.05) is 53.8 Å². The number of rotatable bonds is 2. The van der Waals surface area contributed by atoms with Gasteiger partial charge < -0.3 is 0 Å². The predicted octanol–water partition coefficient (Wildman–Crippen LogP) is 4.16. The molecule has 4 aromatic rings. The second-order valence-electron chi connectivity index (χ2n) is 8.41. The molecule has 0 spiro atoms. The molecule has 0 bridgehead atoms. The maximum absolute atomic E-state index is 12.5. The topological polar surface area (TPSA) is 80.5 Å². The molecule has 0 radical (unpaired) electrons. The molecule has 3 aromatic carbocycles. The minimum atomic E-state index is -0.559. The van der Waals surface area contributed by atoms with E-state index >= 15 is 0 Å². The molecule has 2 aliphatic rings. The lowest BCUT2D eigenvalue weighted by Gasteiger charge is -2.14. The van der Waals surface area contributed by atoms with Gasteiger partial charge in [-0.15, -0.1) is 10.2 Å². The number of hydrogen-bond acceptors (Lipinski definition) is 5. The Balaban J connectivity index is 1.40.